The average molecular weight is 577 g/mol. The van der Waals surface area contributed by atoms with E-state index in [2.05, 4.69) is 16.0 Å². The van der Waals surface area contributed by atoms with Crippen LogP contribution in [-0.2, 0) is 20.8 Å². The smallest absolute Gasteiger partial charge is 0.243 e. The Kier molecular flexibility index (Phi) is 11.9. The molecule has 1 unspecified atom stereocenters. The summed E-state index contributed by atoms with van der Waals surface area (Å²) in [7, 11) is 0. The third kappa shape index (κ3) is 9.60. The summed E-state index contributed by atoms with van der Waals surface area (Å²) in [6.07, 6.45) is 5.72. The fourth-order valence-electron chi connectivity index (χ4n) is 5.50. The van der Waals surface area contributed by atoms with E-state index in [-0.39, 0.29) is 30.0 Å². The maximum atomic E-state index is 14.0. The van der Waals surface area contributed by atoms with Crippen LogP contribution >= 0.6 is 0 Å². The minimum atomic E-state index is -0.915. The molecule has 1 saturated carbocycles. The van der Waals surface area contributed by atoms with Crippen molar-refractivity contribution in [3.8, 4) is 0 Å². The zero-order valence-electron chi connectivity index (χ0n) is 24.2. The Hall–Kier alpha value is -4.41. The summed E-state index contributed by atoms with van der Waals surface area (Å²) in [4.78, 5) is 39.9. The maximum absolute atomic E-state index is 14.0. The Labute approximate surface area is 247 Å². The van der Waals surface area contributed by atoms with E-state index in [0.29, 0.717) is 24.9 Å². The van der Waals surface area contributed by atoms with Crippen molar-refractivity contribution >= 4 is 29.5 Å². The lowest BCUT2D eigenvalue weighted by Crippen LogP contribution is -2.56. The number of carbonyl (C=O) groups is 3. The Balaban J connectivity index is 1.83. The number of nitrogen functional groups attached to an aromatic ring is 1. The maximum Gasteiger partial charge on any atom is 0.243 e. The number of guanidine groups is 1. The number of aryl methyl sites for hydroxylation is 1. The molecule has 11 N–H and O–H groups in total. The molecule has 0 spiro atoms. The van der Waals surface area contributed by atoms with Gasteiger partial charge in [-0.2, -0.15) is 0 Å². The second-order valence-corrected chi connectivity index (χ2v) is 11.1. The third-order valence-electron chi connectivity index (χ3n) is 7.81. The van der Waals surface area contributed by atoms with Gasteiger partial charge in [-0.15, -0.1) is 0 Å². The first-order chi connectivity index (χ1) is 20.0. The monoisotopic (exact) mass is 576 g/mol. The van der Waals surface area contributed by atoms with Gasteiger partial charge in [0, 0.05) is 12.1 Å². The van der Waals surface area contributed by atoms with Gasteiger partial charge in [-0.25, -0.2) is 0 Å². The summed E-state index contributed by atoms with van der Waals surface area (Å²) in [5, 5.41) is 23.5. The summed E-state index contributed by atoms with van der Waals surface area (Å²) < 4.78 is 0. The van der Waals surface area contributed by atoms with Crippen molar-refractivity contribution < 1.29 is 14.4 Å². The largest absolute Gasteiger partial charge is 0.384 e. The predicted molar refractivity (Wildman–Crippen MR) is 164 cm³/mol. The Morgan fingerprint density at radius 1 is 0.929 bits per heavy atom. The normalized spacial score (nSPS) is 15.5. The van der Waals surface area contributed by atoms with Crippen molar-refractivity contribution in [3.05, 3.63) is 70.8 Å². The van der Waals surface area contributed by atoms with Crippen LogP contribution in [0.25, 0.3) is 0 Å². The van der Waals surface area contributed by atoms with E-state index in [1.807, 2.05) is 43.3 Å². The highest BCUT2D eigenvalue weighted by atomic mass is 16.2. The molecule has 0 aliphatic heterocycles. The number of rotatable bonds is 14. The standard InChI is InChI=1S/C31H44N8O3/c1-19-7-5-10-23(17-19)24(18-20-12-14-22(15-13-20)27(32)33)29(41)39-26(21-8-3-2-4-9-21)30(42)38-25(28(34)40)11-6-16-37-31(35)36/h5,7,10,12-15,17,21,24-26H,2-4,6,8-9,11,16,18H2,1H3,(H3,32,33)(H2,34,40)(H,38,42)(H,39,41)(H4,35,36,37)/t24?,25-,26-/m0/s1. The minimum absolute atomic E-state index is 0.0276. The van der Waals surface area contributed by atoms with Gasteiger partial charge in [0.1, 0.15) is 17.9 Å². The fourth-order valence-corrected chi connectivity index (χ4v) is 5.50. The lowest BCUT2D eigenvalue weighted by Gasteiger charge is -2.32. The van der Waals surface area contributed by atoms with Crippen LogP contribution in [0, 0.1) is 23.7 Å². The summed E-state index contributed by atoms with van der Waals surface area (Å²) in [6.45, 7) is 2.33. The fraction of sp³-hybridized carbons (Fsp3) is 0.452. The molecule has 1 aliphatic carbocycles. The Morgan fingerprint density at radius 2 is 1.62 bits per heavy atom. The van der Waals surface area contributed by atoms with Crippen LogP contribution in [0.1, 0.15) is 73.1 Å². The molecular weight excluding hydrogens is 532 g/mol. The first-order valence-electron chi connectivity index (χ1n) is 14.5. The van der Waals surface area contributed by atoms with E-state index in [4.69, 9.17) is 28.0 Å². The Bertz CT molecular complexity index is 1260. The molecule has 0 radical (unpaired) electrons. The molecule has 11 nitrogen and oxygen atoms in total. The second kappa shape index (κ2) is 15.6. The van der Waals surface area contributed by atoms with E-state index in [1.165, 1.54) is 0 Å². The molecule has 2 aromatic rings. The zero-order valence-corrected chi connectivity index (χ0v) is 24.2. The van der Waals surface area contributed by atoms with Gasteiger partial charge in [0.15, 0.2) is 5.96 Å². The van der Waals surface area contributed by atoms with Gasteiger partial charge in [0.25, 0.3) is 0 Å². The molecule has 2 aromatic carbocycles. The van der Waals surface area contributed by atoms with Gasteiger partial charge < -0.3 is 33.2 Å². The first kappa shape index (κ1) is 32.1. The number of benzene rings is 2. The number of hydrogen-bond donors (Lipinski definition) is 8. The Morgan fingerprint density at radius 3 is 2.21 bits per heavy atom. The molecule has 3 rings (SSSR count). The highest BCUT2D eigenvalue weighted by Crippen LogP contribution is 2.29. The van der Waals surface area contributed by atoms with E-state index >= 15 is 0 Å². The molecule has 0 heterocycles. The topological polar surface area (TPSA) is 213 Å². The molecule has 0 aromatic heterocycles. The number of nitrogens with two attached hydrogens (primary N) is 3. The number of hydrogen-bond acceptors (Lipinski definition) is 5. The zero-order chi connectivity index (χ0) is 30.6. The molecular formula is C31H44N8O3. The van der Waals surface area contributed by atoms with Crippen LogP contribution in [0.15, 0.2) is 48.5 Å². The summed E-state index contributed by atoms with van der Waals surface area (Å²) in [5.74, 6) is -2.20. The van der Waals surface area contributed by atoms with Crippen LogP contribution < -0.4 is 33.2 Å². The number of amidine groups is 1. The van der Waals surface area contributed by atoms with Crippen molar-refractivity contribution in [1.29, 1.82) is 10.8 Å². The van der Waals surface area contributed by atoms with E-state index in [9.17, 15) is 14.4 Å². The van der Waals surface area contributed by atoms with Gasteiger partial charge in [-0.1, -0.05) is 73.4 Å². The lowest BCUT2D eigenvalue weighted by atomic mass is 9.82. The number of nitrogens with one attached hydrogen (secondary N) is 5. The van der Waals surface area contributed by atoms with Crippen LogP contribution in [-0.4, -0.2) is 48.1 Å². The molecule has 226 valence electrons. The molecule has 42 heavy (non-hydrogen) atoms. The van der Waals surface area contributed by atoms with Gasteiger partial charge in [0.05, 0.1) is 5.92 Å². The van der Waals surface area contributed by atoms with E-state index in [0.717, 1.165) is 48.8 Å². The minimum Gasteiger partial charge on any atom is -0.384 e. The quantitative estimate of drug-likeness (QED) is 0.0954. The summed E-state index contributed by atoms with van der Waals surface area (Å²) >= 11 is 0. The second-order valence-electron chi connectivity index (χ2n) is 11.1. The highest BCUT2D eigenvalue weighted by molar-refractivity contribution is 5.95. The SMILES string of the molecule is Cc1cccc(C(Cc2ccc(C(=N)N)cc2)C(=O)N[C@H](C(=O)N[C@@H](CCCNC(=N)N)C(N)=O)C2CCCCC2)c1. The number of primary amides is 1. The molecule has 3 amide bonds. The average Bonchev–Trinajstić information content (AvgIpc) is 2.96. The van der Waals surface area contributed by atoms with E-state index in [1.54, 1.807) is 12.1 Å². The summed E-state index contributed by atoms with van der Waals surface area (Å²) in [6, 6.07) is 13.3. The molecule has 1 fully saturated rings. The van der Waals surface area contributed by atoms with Crippen LogP contribution in [0.5, 0.6) is 0 Å². The summed E-state index contributed by atoms with van der Waals surface area (Å²) in [5.41, 5.74) is 19.9. The van der Waals surface area contributed by atoms with Crippen LogP contribution in [0.4, 0.5) is 0 Å². The van der Waals surface area contributed by atoms with Gasteiger partial charge in [0.2, 0.25) is 17.7 Å². The van der Waals surface area contributed by atoms with Crippen molar-refractivity contribution in [2.75, 3.05) is 6.54 Å². The lowest BCUT2D eigenvalue weighted by molar-refractivity contribution is -0.133. The first-order valence-corrected chi connectivity index (χ1v) is 14.5. The number of carbonyl (C=O) groups excluding carboxylic acids is 3. The predicted octanol–water partition coefficient (Wildman–Crippen LogP) is 1.90. The molecule has 1 aliphatic rings. The van der Waals surface area contributed by atoms with Gasteiger partial charge in [-0.05, 0) is 56.1 Å². The van der Waals surface area contributed by atoms with Crippen LogP contribution in [0.3, 0.4) is 0 Å². The van der Waals surface area contributed by atoms with E-state index < -0.39 is 29.8 Å². The molecule has 3 atom stereocenters. The highest BCUT2D eigenvalue weighted by Gasteiger charge is 2.35. The number of amides is 3. The molecule has 11 heteroatoms. The van der Waals surface area contributed by atoms with Crippen LogP contribution in [0.2, 0.25) is 0 Å². The van der Waals surface area contributed by atoms with Gasteiger partial charge >= 0.3 is 0 Å². The third-order valence-corrected chi connectivity index (χ3v) is 7.81. The molecule has 0 bridgehead atoms. The van der Waals surface area contributed by atoms with Crippen molar-refractivity contribution in [1.82, 2.24) is 16.0 Å². The van der Waals surface area contributed by atoms with Gasteiger partial charge in [-0.3, -0.25) is 25.2 Å². The van der Waals surface area contributed by atoms with Crippen molar-refractivity contribution in [2.24, 2.45) is 23.1 Å². The molecule has 0 saturated heterocycles. The van der Waals surface area contributed by atoms with Crippen molar-refractivity contribution in [2.45, 2.75) is 76.3 Å². The van der Waals surface area contributed by atoms with Crippen molar-refractivity contribution in [3.63, 3.8) is 0 Å².